The highest BCUT2D eigenvalue weighted by Gasteiger charge is 2.27. The lowest BCUT2D eigenvalue weighted by atomic mass is 9.87. The maximum Gasteiger partial charge on any atom is 0.243 e. The number of ether oxygens (including phenoxy) is 1. The van der Waals surface area contributed by atoms with E-state index in [4.69, 9.17) is 9.15 Å². The molecule has 1 aliphatic rings. The van der Waals surface area contributed by atoms with Gasteiger partial charge in [-0.1, -0.05) is 45.0 Å². The minimum Gasteiger partial charge on any atom is -0.482 e. The number of hydrogen-bond acceptors (Lipinski definition) is 8. The molecule has 0 unspecified atom stereocenters. The molecule has 0 aliphatic carbocycles. The van der Waals surface area contributed by atoms with E-state index in [9.17, 15) is 21.6 Å². The second-order valence-electron chi connectivity index (χ2n) is 11.1. The van der Waals surface area contributed by atoms with Gasteiger partial charge in [-0.15, -0.1) is 0 Å². The van der Waals surface area contributed by atoms with E-state index in [0.29, 0.717) is 38.4 Å². The summed E-state index contributed by atoms with van der Waals surface area (Å²) < 4.78 is 62.5. The molecule has 0 spiro atoms. The molecule has 1 saturated heterocycles. The topological polar surface area (TPSA) is 114 Å². The van der Waals surface area contributed by atoms with Crippen molar-refractivity contribution in [1.29, 1.82) is 0 Å². The number of rotatable bonds is 8. The van der Waals surface area contributed by atoms with E-state index in [0.717, 1.165) is 11.8 Å². The van der Waals surface area contributed by atoms with Crippen molar-refractivity contribution in [1.82, 2.24) is 9.21 Å². The van der Waals surface area contributed by atoms with E-state index in [2.05, 4.69) is 32.9 Å². The molecule has 0 radical (unpaired) electrons. The first kappa shape index (κ1) is 30.0. The van der Waals surface area contributed by atoms with Crippen molar-refractivity contribution in [3.8, 4) is 5.75 Å². The summed E-state index contributed by atoms with van der Waals surface area (Å²) in [5.41, 5.74) is 1.96. The number of nitrogens with zero attached hydrogens (tertiary/aromatic N) is 2. The predicted octanol–water partition coefficient (Wildman–Crippen LogP) is 3.82. The average molecular weight is 589 g/mol. The summed E-state index contributed by atoms with van der Waals surface area (Å²) in [6, 6.07) is 14.8. The van der Waals surface area contributed by atoms with E-state index in [-0.39, 0.29) is 39.5 Å². The summed E-state index contributed by atoms with van der Waals surface area (Å²) in [4.78, 5) is 14.8. The molecular formula is C29H36N2O7S2. The highest BCUT2D eigenvalue weighted by atomic mass is 32.2. The van der Waals surface area contributed by atoms with Gasteiger partial charge in [-0.05, 0) is 53.8 Å². The first-order chi connectivity index (χ1) is 18.7. The normalized spacial score (nSPS) is 16.0. The highest BCUT2D eigenvalue weighted by Crippen LogP contribution is 2.23. The van der Waals surface area contributed by atoms with E-state index in [1.807, 2.05) is 17.0 Å². The first-order valence-corrected chi connectivity index (χ1v) is 16.4. The van der Waals surface area contributed by atoms with Crippen molar-refractivity contribution >= 4 is 19.9 Å². The Morgan fingerprint density at radius 2 is 1.52 bits per heavy atom. The third-order valence-corrected chi connectivity index (χ3v) is 9.92. The van der Waals surface area contributed by atoms with Crippen LogP contribution in [0.1, 0.15) is 44.1 Å². The third-order valence-electron chi connectivity index (χ3n) is 6.88. The van der Waals surface area contributed by atoms with Crippen LogP contribution >= 0.6 is 0 Å². The number of benzene rings is 2. The van der Waals surface area contributed by atoms with Gasteiger partial charge in [-0.2, -0.15) is 4.31 Å². The molecule has 0 amide bonds. The summed E-state index contributed by atoms with van der Waals surface area (Å²) in [5, 5.41) is 0. The summed E-state index contributed by atoms with van der Waals surface area (Å²) >= 11 is 0. The minimum atomic E-state index is -3.77. The number of sulfonamides is 1. The zero-order valence-corrected chi connectivity index (χ0v) is 24.9. The molecule has 2 heterocycles. The molecule has 3 aromatic rings. The molecule has 0 bridgehead atoms. The van der Waals surface area contributed by atoms with Crippen LogP contribution in [-0.4, -0.2) is 58.5 Å². The third kappa shape index (κ3) is 7.39. The SMILES string of the molecule is CC(C)(C)c1ccc(COc2coc(CN3CCCN(S(=O)(=O)c4ccc(S(C)(=O)=O)cc4)CC3)cc2=O)cc1. The first-order valence-electron chi connectivity index (χ1n) is 13.1. The second kappa shape index (κ2) is 11.9. The van der Waals surface area contributed by atoms with Gasteiger partial charge in [0.1, 0.15) is 18.6 Å². The van der Waals surface area contributed by atoms with Crippen molar-refractivity contribution in [2.45, 2.75) is 55.5 Å². The Kier molecular flexibility index (Phi) is 8.89. The Balaban J connectivity index is 1.34. The van der Waals surface area contributed by atoms with Crippen molar-refractivity contribution in [3.63, 3.8) is 0 Å². The standard InChI is InChI=1S/C29H36N2O7S2/c1-29(2,3)23-8-6-22(7-9-23)20-38-28-21-37-24(18-27(28)32)19-30-14-5-15-31(17-16-30)40(35,36)26-12-10-25(11-13-26)39(4,33)34/h6-13,18,21H,5,14-17,19-20H2,1-4H3. The Labute approximate surface area is 236 Å². The van der Waals surface area contributed by atoms with E-state index < -0.39 is 19.9 Å². The molecule has 1 aromatic heterocycles. The molecule has 4 rings (SSSR count). The van der Waals surface area contributed by atoms with Gasteiger partial charge in [0.2, 0.25) is 21.2 Å². The summed E-state index contributed by atoms with van der Waals surface area (Å²) in [6.45, 7) is 8.74. The smallest absolute Gasteiger partial charge is 0.243 e. The minimum absolute atomic E-state index is 0.0556. The molecule has 2 aromatic carbocycles. The Bertz CT molecular complexity index is 1590. The maximum atomic E-state index is 13.2. The quantitative estimate of drug-likeness (QED) is 0.390. The van der Waals surface area contributed by atoms with Crippen LogP contribution in [0, 0.1) is 0 Å². The van der Waals surface area contributed by atoms with Gasteiger partial charge < -0.3 is 9.15 Å². The van der Waals surface area contributed by atoms with Gasteiger partial charge in [-0.25, -0.2) is 16.8 Å². The number of sulfone groups is 1. The molecular weight excluding hydrogens is 552 g/mol. The van der Waals surface area contributed by atoms with E-state index >= 15 is 0 Å². The van der Waals surface area contributed by atoms with Crippen LogP contribution in [0.4, 0.5) is 0 Å². The van der Waals surface area contributed by atoms with Gasteiger partial charge in [0, 0.05) is 32.0 Å². The van der Waals surface area contributed by atoms with Crippen molar-refractivity contribution < 1.29 is 26.0 Å². The molecule has 11 heteroatoms. The van der Waals surface area contributed by atoms with Crippen LogP contribution in [0.5, 0.6) is 5.75 Å². The molecule has 9 nitrogen and oxygen atoms in total. The summed E-state index contributed by atoms with van der Waals surface area (Å²) in [5.74, 6) is 0.609. The largest absolute Gasteiger partial charge is 0.482 e. The van der Waals surface area contributed by atoms with Crippen molar-refractivity contribution in [3.05, 3.63) is 88.0 Å². The molecule has 216 valence electrons. The molecule has 1 fully saturated rings. The van der Waals surface area contributed by atoms with Gasteiger partial charge in [0.25, 0.3) is 0 Å². The van der Waals surface area contributed by atoms with Gasteiger partial charge >= 0.3 is 0 Å². The van der Waals surface area contributed by atoms with Crippen LogP contribution in [-0.2, 0) is 38.4 Å². The zero-order valence-electron chi connectivity index (χ0n) is 23.3. The molecule has 0 saturated carbocycles. The second-order valence-corrected chi connectivity index (χ2v) is 15.0. The van der Waals surface area contributed by atoms with Crippen molar-refractivity contribution in [2.75, 3.05) is 32.4 Å². The van der Waals surface area contributed by atoms with Gasteiger partial charge in [0.15, 0.2) is 9.84 Å². The van der Waals surface area contributed by atoms with Crippen LogP contribution in [0.3, 0.4) is 0 Å². The molecule has 0 N–H and O–H groups in total. The fourth-order valence-corrected chi connectivity index (χ4v) is 6.56. The van der Waals surface area contributed by atoms with Gasteiger partial charge in [0.05, 0.1) is 16.3 Å². The van der Waals surface area contributed by atoms with E-state index in [1.165, 1.54) is 46.5 Å². The lowest BCUT2D eigenvalue weighted by molar-refractivity contribution is 0.245. The van der Waals surface area contributed by atoms with Crippen molar-refractivity contribution in [2.24, 2.45) is 0 Å². The molecule has 0 atom stereocenters. The number of hydrogen-bond donors (Lipinski definition) is 0. The maximum absolute atomic E-state index is 13.2. The summed E-state index contributed by atoms with van der Waals surface area (Å²) in [7, 11) is -7.19. The lowest BCUT2D eigenvalue weighted by Gasteiger charge is -2.21. The Morgan fingerprint density at radius 1 is 0.875 bits per heavy atom. The Hall–Kier alpha value is -2.99. The summed E-state index contributed by atoms with van der Waals surface area (Å²) in [6.07, 6.45) is 3.01. The van der Waals surface area contributed by atoms with Crippen LogP contribution in [0.15, 0.2) is 79.9 Å². The monoisotopic (exact) mass is 588 g/mol. The predicted molar refractivity (Wildman–Crippen MR) is 153 cm³/mol. The zero-order chi connectivity index (χ0) is 29.1. The van der Waals surface area contributed by atoms with Crippen LogP contribution < -0.4 is 10.2 Å². The fraction of sp³-hybridized carbons (Fsp3) is 0.414. The van der Waals surface area contributed by atoms with E-state index in [1.54, 1.807) is 0 Å². The average Bonchev–Trinajstić information content (AvgIpc) is 3.14. The van der Waals surface area contributed by atoms with Crippen LogP contribution in [0.2, 0.25) is 0 Å². The Morgan fingerprint density at radius 3 is 2.12 bits per heavy atom. The van der Waals surface area contributed by atoms with Gasteiger partial charge in [-0.3, -0.25) is 9.69 Å². The molecule has 40 heavy (non-hydrogen) atoms. The lowest BCUT2D eigenvalue weighted by Crippen LogP contribution is -2.35. The fourth-order valence-electron chi connectivity index (χ4n) is 4.46. The highest BCUT2D eigenvalue weighted by molar-refractivity contribution is 7.90. The molecule has 1 aliphatic heterocycles. The van der Waals surface area contributed by atoms with Crippen LogP contribution in [0.25, 0.3) is 0 Å².